The predicted molar refractivity (Wildman–Crippen MR) is 106 cm³/mol. The number of sulfonamides is 2. The van der Waals surface area contributed by atoms with Gasteiger partial charge in [-0.2, -0.15) is 4.31 Å². The molecule has 146 valence electrons. The van der Waals surface area contributed by atoms with Crippen molar-refractivity contribution in [3.63, 3.8) is 0 Å². The van der Waals surface area contributed by atoms with Crippen LogP contribution in [0.2, 0.25) is 5.02 Å². The van der Waals surface area contributed by atoms with Crippen molar-refractivity contribution in [2.24, 2.45) is 0 Å². The second-order valence-electron chi connectivity index (χ2n) is 6.16. The summed E-state index contributed by atoms with van der Waals surface area (Å²) >= 11 is 5.84. The highest BCUT2D eigenvalue weighted by atomic mass is 35.5. The minimum atomic E-state index is -3.73. The van der Waals surface area contributed by atoms with Gasteiger partial charge in [-0.25, -0.2) is 16.8 Å². The summed E-state index contributed by atoms with van der Waals surface area (Å²) in [6, 6.07) is 10.6. The number of nitrogens with zero attached hydrogens (tertiary/aromatic N) is 2. The second kappa shape index (κ2) is 7.43. The van der Waals surface area contributed by atoms with Crippen molar-refractivity contribution in [2.75, 3.05) is 23.9 Å². The van der Waals surface area contributed by atoms with Gasteiger partial charge in [0.2, 0.25) is 10.0 Å². The molecule has 0 aliphatic carbocycles. The van der Waals surface area contributed by atoms with E-state index in [1.54, 1.807) is 26.0 Å². The van der Waals surface area contributed by atoms with Crippen LogP contribution in [0, 0.1) is 0 Å². The molecule has 1 aliphatic heterocycles. The summed E-state index contributed by atoms with van der Waals surface area (Å²) in [6.45, 7) is 4.61. The fourth-order valence-corrected chi connectivity index (χ4v) is 6.34. The molecule has 2 aromatic rings. The molecule has 0 fully saturated rings. The minimum Gasteiger partial charge on any atom is -0.266 e. The summed E-state index contributed by atoms with van der Waals surface area (Å²) in [5.74, 6) is 0. The van der Waals surface area contributed by atoms with Crippen LogP contribution in [-0.2, 0) is 26.5 Å². The zero-order valence-corrected chi connectivity index (χ0v) is 17.5. The zero-order valence-electron chi connectivity index (χ0n) is 15.1. The first-order valence-electron chi connectivity index (χ1n) is 8.63. The average Bonchev–Trinajstić information content (AvgIpc) is 3.07. The second-order valence-corrected chi connectivity index (χ2v) is 10.4. The van der Waals surface area contributed by atoms with Crippen LogP contribution in [0.25, 0.3) is 0 Å². The molecule has 0 saturated carbocycles. The molecule has 3 rings (SSSR count). The van der Waals surface area contributed by atoms with E-state index in [9.17, 15) is 16.8 Å². The monoisotopic (exact) mass is 428 g/mol. The predicted octanol–water partition coefficient (Wildman–Crippen LogP) is 3.12. The molecule has 0 aromatic heterocycles. The summed E-state index contributed by atoms with van der Waals surface area (Å²) < 4.78 is 54.0. The maximum Gasteiger partial charge on any atom is 0.264 e. The van der Waals surface area contributed by atoms with Crippen molar-refractivity contribution in [3.05, 3.63) is 53.1 Å². The highest BCUT2D eigenvalue weighted by Crippen LogP contribution is 2.35. The highest BCUT2D eigenvalue weighted by Gasteiger charge is 2.32. The third-order valence-corrected chi connectivity index (χ3v) is 8.77. The highest BCUT2D eigenvalue weighted by molar-refractivity contribution is 7.92. The van der Waals surface area contributed by atoms with Crippen LogP contribution in [0.3, 0.4) is 0 Å². The first-order valence-corrected chi connectivity index (χ1v) is 11.9. The Labute approximate surface area is 165 Å². The fourth-order valence-electron chi connectivity index (χ4n) is 3.20. The average molecular weight is 429 g/mol. The van der Waals surface area contributed by atoms with Gasteiger partial charge in [0.25, 0.3) is 10.0 Å². The van der Waals surface area contributed by atoms with Gasteiger partial charge in [-0.3, -0.25) is 4.31 Å². The van der Waals surface area contributed by atoms with Crippen molar-refractivity contribution < 1.29 is 16.8 Å². The van der Waals surface area contributed by atoms with E-state index in [0.29, 0.717) is 35.8 Å². The maximum absolute atomic E-state index is 12.9. The molecule has 0 unspecified atom stereocenters. The molecule has 0 atom stereocenters. The van der Waals surface area contributed by atoms with Gasteiger partial charge in [-0.1, -0.05) is 25.4 Å². The number of halogens is 1. The van der Waals surface area contributed by atoms with Gasteiger partial charge in [0, 0.05) is 24.7 Å². The van der Waals surface area contributed by atoms with Gasteiger partial charge in [0.15, 0.2) is 0 Å². The van der Waals surface area contributed by atoms with E-state index in [4.69, 9.17) is 11.6 Å². The van der Waals surface area contributed by atoms with Gasteiger partial charge < -0.3 is 0 Å². The summed E-state index contributed by atoms with van der Waals surface area (Å²) in [5, 5.41) is 0.460. The number of fused-ring (bicyclic) bond motifs is 1. The Bertz CT molecular complexity index is 1050. The topological polar surface area (TPSA) is 74.8 Å². The van der Waals surface area contributed by atoms with Crippen molar-refractivity contribution in [2.45, 2.75) is 30.1 Å². The van der Waals surface area contributed by atoms with E-state index in [0.717, 1.165) is 0 Å². The lowest BCUT2D eigenvalue weighted by molar-refractivity contribution is 0.445. The van der Waals surface area contributed by atoms with E-state index in [-0.39, 0.29) is 16.3 Å². The number of benzene rings is 2. The third-order valence-electron chi connectivity index (χ3n) is 4.65. The molecule has 0 spiro atoms. The van der Waals surface area contributed by atoms with Crippen LogP contribution in [0.15, 0.2) is 52.3 Å². The zero-order chi connectivity index (χ0) is 19.8. The largest absolute Gasteiger partial charge is 0.266 e. The first kappa shape index (κ1) is 20.1. The Kier molecular flexibility index (Phi) is 5.54. The molecule has 27 heavy (non-hydrogen) atoms. The summed E-state index contributed by atoms with van der Waals surface area (Å²) in [5.41, 5.74) is 1.23. The molecule has 2 aromatic carbocycles. The number of hydrogen-bond acceptors (Lipinski definition) is 4. The van der Waals surface area contributed by atoms with Crippen LogP contribution in [0.1, 0.15) is 19.4 Å². The van der Waals surface area contributed by atoms with E-state index in [1.807, 2.05) is 0 Å². The lowest BCUT2D eigenvalue weighted by Crippen LogP contribution is -2.30. The molecule has 1 aliphatic rings. The quantitative estimate of drug-likeness (QED) is 0.708. The lowest BCUT2D eigenvalue weighted by atomic mass is 10.2. The van der Waals surface area contributed by atoms with Crippen molar-refractivity contribution in [1.82, 2.24) is 4.31 Å². The fraction of sp³-hybridized carbons (Fsp3) is 0.333. The SMILES string of the molecule is CCN(CC)S(=O)(=O)c1ccc2c(c1)CCN2S(=O)(=O)c1ccc(Cl)cc1. The van der Waals surface area contributed by atoms with Crippen LogP contribution in [-0.4, -0.2) is 40.8 Å². The van der Waals surface area contributed by atoms with E-state index in [1.165, 1.54) is 38.9 Å². The number of hydrogen-bond donors (Lipinski definition) is 0. The van der Waals surface area contributed by atoms with Gasteiger partial charge >= 0.3 is 0 Å². The Hall–Kier alpha value is -1.61. The Balaban J connectivity index is 1.99. The third kappa shape index (κ3) is 3.59. The summed E-state index contributed by atoms with van der Waals surface area (Å²) in [7, 11) is -7.31. The van der Waals surface area contributed by atoms with E-state index < -0.39 is 20.0 Å². The van der Waals surface area contributed by atoms with Crippen LogP contribution < -0.4 is 4.31 Å². The molecular weight excluding hydrogens is 408 g/mol. The first-order chi connectivity index (χ1) is 12.7. The van der Waals surface area contributed by atoms with Crippen LogP contribution >= 0.6 is 11.6 Å². The molecule has 1 heterocycles. The smallest absolute Gasteiger partial charge is 0.264 e. The standard InChI is InChI=1S/C18H21ClN2O4S2/c1-3-20(4-2)26(22,23)17-9-10-18-14(13-17)11-12-21(18)27(24,25)16-7-5-15(19)6-8-16/h5-10,13H,3-4,11-12H2,1-2H3. The molecule has 0 bridgehead atoms. The molecule has 0 amide bonds. The van der Waals surface area contributed by atoms with E-state index >= 15 is 0 Å². The Morgan fingerprint density at radius 3 is 2.15 bits per heavy atom. The molecule has 0 saturated heterocycles. The van der Waals surface area contributed by atoms with E-state index in [2.05, 4.69) is 0 Å². The van der Waals surface area contributed by atoms with Crippen LogP contribution in [0.5, 0.6) is 0 Å². The van der Waals surface area contributed by atoms with Crippen molar-refractivity contribution >= 4 is 37.3 Å². The Morgan fingerprint density at radius 1 is 0.963 bits per heavy atom. The molecule has 0 N–H and O–H groups in total. The molecule has 0 radical (unpaired) electrons. The molecule has 9 heteroatoms. The normalized spacial score (nSPS) is 14.6. The van der Waals surface area contributed by atoms with Gasteiger partial charge in [0.1, 0.15) is 0 Å². The van der Waals surface area contributed by atoms with Gasteiger partial charge in [0.05, 0.1) is 15.5 Å². The van der Waals surface area contributed by atoms with Crippen molar-refractivity contribution in [3.8, 4) is 0 Å². The summed E-state index contributed by atoms with van der Waals surface area (Å²) in [6.07, 6.45) is 0.462. The van der Waals surface area contributed by atoms with Crippen LogP contribution in [0.4, 0.5) is 5.69 Å². The van der Waals surface area contributed by atoms with Gasteiger partial charge in [-0.05, 0) is 54.4 Å². The Morgan fingerprint density at radius 2 is 1.56 bits per heavy atom. The maximum atomic E-state index is 12.9. The molecular formula is C18H21ClN2O4S2. The number of anilines is 1. The van der Waals surface area contributed by atoms with Crippen molar-refractivity contribution in [1.29, 1.82) is 0 Å². The lowest BCUT2D eigenvalue weighted by Gasteiger charge is -2.21. The molecule has 6 nitrogen and oxygen atoms in total. The number of rotatable bonds is 6. The minimum absolute atomic E-state index is 0.152. The van der Waals surface area contributed by atoms with Gasteiger partial charge in [-0.15, -0.1) is 0 Å². The summed E-state index contributed by atoms with van der Waals surface area (Å²) in [4.78, 5) is 0.343.